The number of aldehydes is 1. The molecule has 0 unspecified atom stereocenters. The summed E-state index contributed by atoms with van der Waals surface area (Å²) in [5.41, 5.74) is 0.944. The number of fused-ring (bicyclic) bond motifs is 1. The van der Waals surface area contributed by atoms with Crippen molar-refractivity contribution in [2.24, 2.45) is 0 Å². The van der Waals surface area contributed by atoms with Crippen molar-refractivity contribution in [2.45, 2.75) is 0 Å². The fraction of sp³-hybridized carbons (Fsp3) is 0. The summed E-state index contributed by atoms with van der Waals surface area (Å²) in [6.07, 6.45) is -0.745. The predicted octanol–water partition coefficient (Wildman–Crippen LogP) is 2.05. The fourth-order valence-corrected chi connectivity index (χ4v) is 1.12. The highest BCUT2D eigenvalue weighted by molar-refractivity contribution is 5.83. The van der Waals surface area contributed by atoms with Crippen LogP contribution < -0.4 is 0 Å². The van der Waals surface area contributed by atoms with Crippen LogP contribution in [0.3, 0.4) is 0 Å². The Balaban J connectivity index is 2.69. The molecule has 1 aromatic carbocycles. The molecule has 0 aliphatic heterocycles. The van der Waals surface area contributed by atoms with Crippen molar-refractivity contribution in [2.75, 3.05) is 0 Å². The molecule has 58 valence electrons. The van der Waals surface area contributed by atoms with Gasteiger partial charge in [-0.05, 0) is 12.1 Å². The lowest BCUT2D eigenvalue weighted by Crippen LogP contribution is -1.85. The van der Waals surface area contributed by atoms with Gasteiger partial charge in [-0.2, -0.15) is 0 Å². The predicted molar refractivity (Wildman–Crippen MR) is 47.1 cm³/mol. The van der Waals surface area contributed by atoms with Gasteiger partial charge in [-0.1, -0.05) is 24.3 Å². The van der Waals surface area contributed by atoms with Crippen LogP contribution in [0.15, 0.2) is 36.4 Å². The summed E-state index contributed by atoms with van der Waals surface area (Å²) in [5, 5.41) is 0.979. The normalized spacial score (nSPS) is 11.2. The number of nitrogens with zero attached hydrogens (tertiary/aromatic N) is 1. The molecule has 2 nitrogen and oxygen atoms in total. The molecule has 0 aliphatic rings. The minimum Gasteiger partial charge on any atom is -0.296 e. The molecule has 0 bridgehead atoms. The maximum atomic E-state index is 10.7. The number of hydrogen-bond donors (Lipinski definition) is 0. The lowest BCUT2D eigenvalue weighted by Gasteiger charge is -1.95. The molecular weight excluding hydrogens is 150 g/mol. The van der Waals surface area contributed by atoms with E-state index in [0.29, 0.717) is 0 Å². The minimum absolute atomic E-state index is 0.193. The van der Waals surface area contributed by atoms with E-state index in [1.54, 1.807) is 12.1 Å². The molecule has 1 heterocycles. The first-order chi connectivity index (χ1) is 6.27. The summed E-state index contributed by atoms with van der Waals surface area (Å²) in [4.78, 5) is 14.7. The first-order valence-corrected chi connectivity index (χ1v) is 3.64. The van der Waals surface area contributed by atoms with Crippen molar-refractivity contribution in [3.63, 3.8) is 0 Å². The monoisotopic (exact) mass is 158 g/mol. The number of hydrogen-bond acceptors (Lipinski definition) is 2. The molecule has 0 aliphatic carbocycles. The maximum absolute atomic E-state index is 10.7. The maximum Gasteiger partial charge on any atom is 0.168 e. The van der Waals surface area contributed by atoms with E-state index in [1.165, 1.54) is 0 Å². The van der Waals surface area contributed by atoms with Crippen LogP contribution in [0.25, 0.3) is 10.9 Å². The van der Waals surface area contributed by atoms with Gasteiger partial charge in [-0.15, -0.1) is 0 Å². The topological polar surface area (TPSA) is 30.0 Å². The summed E-state index contributed by atoms with van der Waals surface area (Å²) in [6, 6.07) is 10.9. The van der Waals surface area contributed by atoms with Gasteiger partial charge < -0.3 is 0 Å². The molecule has 0 fully saturated rings. The van der Waals surface area contributed by atoms with Crippen molar-refractivity contribution in [3.8, 4) is 0 Å². The van der Waals surface area contributed by atoms with Crippen LogP contribution in [0.4, 0.5) is 0 Å². The average Bonchev–Trinajstić information content (AvgIpc) is 2.17. The molecule has 0 amide bonds. The molecule has 0 spiro atoms. The number of benzene rings is 1. The third-order valence-corrected chi connectivity index (χ3v) is 1.70. The number of aromatic nitrogens is 1. The lowest BCUT2D eigenvalue weighted by atomic mass is 10.2. The van der Waals surface area contributed by atoms with Gasteiger partial charge in [0.15, 0.2) is 6.26 Å². The molecule has 0 radical (unpaired) electrons. The van der Waals surface area contributed by atoms with E-state index in [4.69, 9.17) is 1.37 Å². The Morgan fingerprint density at radius 2 is 2.08 bits per heavy atom. The van der Waals surface area contributed by atoms with E-state index in [1.807, 2.05) is 24.3 Å². The van der Waals surface area contributed by atoms with E-state index < -0.39 is 6.26 Å². The highest BCUT2D eigenvalue weighted by Crippen LogP contribution is 2.10. The second-order valence-electron chi connectivity index (χ2n) is 2.49. The van der Waals surface area contributed by atoms with Crippen molar-refractivity contribution in [1.82, 2.24) is 4.98 Å². The van der Waals surface area contributed by atoms with Gasteiger partial charge in [0.1, 0.15) is 7.06 Å². The van der Waals surface area contributed by atoms with E-state index >= 15 is 0 Å². The number of carbonyl (C=O) groups is 1. The van der Waals surface area contributed by atoms with Gasteiger partial charge in [0.2, 0.25) is 0 Å². The average molecular weight is 158 g/mol. The molecule has 0 saturated heterocycles. The van der Waals surface area contributed by atoms with Gasteiger partial charge in [-0.3, -0.25) is 4.79 Å². The van der Waals surface area contributed by atoms with Crippen LogP contribution in [0, 0.1) is 0 Å². The van der Waals surface area contributed by atoms with Crippen molar-refractivity contribution < 1.29 is 6.17 Å². The standard InChI is InChI=1S/C10H7NO/c12-7-9-6-5-8-3-1-2-4-10(8)11-9/h1-7H/i7D. The summed E-state index contributed by atoms with van der Waals surface area (Å²) < 4.78 is 6.89. The summed E-state index contributed by atoms with van der Waals surface area (Å²) in [6.45, 7) is 0. The van der Waals surface area contributed by atoms with Crippen LogP contribution in [0.2, 0.25) is 0 Å². The summed E-state index contributed by atoms with van der Waals surface area (Å²) in [5.74, 6) is 0. The highest BCUT2D eigenvalue weighted by atomic mass is 16.1. The SMILES string of the molecule is [2H]C(=O)c1ccc2ccccc2n1. The van der Waals surface area contributed by atoms with E-state index in [-0.39, 0.29) is 5.69 Å². The van der Waals surface area contributed by atoms with Crippen molar-refractivity contribution in [1.29, 1.82) is 0 Å². The van der Waals surface area contributed by atoms with Crippen LogP contribution >= 0.6 is 0 Å². The summed E-state index contributed by atoms with van der Waals surface area (Å²) in [7, 11) is 0. The van der Waals surface area contributed by atoms with E-state index in [0.717, 1.165) is 10.9 Å². The van der Waals surface area contributed by atoms with Gasteiger partial charge in [0.05, 0.1) is 5.52 Å². The second-order valence-corrected chi connectivity index (χ2v) is 2.49. The zero-order valence-electron chi connectivity index (χ0n) is 7.32. The molecule has 0 saturated carbocycles. The number of carbonyl (C=O) groups excluding carboxylic acids is 1. The van der Waals surface area contributed by atoms with Crippen LogP contribution in [-0.2, 0) is 0 Å². The molecular formula is C10H7NO. The lowest BCUT2D eigenvalue weighted by molar-refractivity contribution is 0.111. The molecule has 2 heteroatoms. The van der Waals surface area contributed by atoms with Gasteiger partial charge in [-0.25, -0.2) is 4.98 Å². The Kier molecular flexibility index (Phi) is 1.34. The van der Waals surface area contributed by atoms with Crippen LogP contribution in [0.5, 0.6) is 0 Å². The first-order valence-electron chi connectivity index (χ1n) is 4.14. The molecule has 2 aromatic rings. The van der Waals surface area contributed by atoms with Crippen LogP contribution in [-0.4, -0.2) is 11.2 Å². The van der Waals surface area contributed by atoms with Gasteiger partial charge in [0.25, 0.3) is 0 Å². The zero-order valence-corrected chi connectivity index (χ0v) is 6.32. The number of rotatable bonds is 1. The zero-order chi connectivity index (χ0) is 9.26. The third-order valence-electron chi connectivity index (χ3n) is 1.70. The molecule has 2 rings (SSSR count). The molecule has 1 aromatic heterocycles. The number of pyridine rings is 1. The van der Waals surface area contributed by atoms with Gasteiger partial charge >= 0.3 is 0 Å². The Morgan fingerprint density at radius 1 is 1.25 bits per heavy atom. The Morgan fingerprint density at radius 3 is 2.92 bits per heavy atom. The first kappa shape index (κ1) is 5.89. The Labute approximate surface area is 71.3 Å². The Bertz CT molecular complexity index is 467. The van der Waals surface area contributed by atoms with Crippen molar-refractivity contribution >= 4 is 17.2 Å². The smallest absolute Gasteiger partial charge is 0.168 e. The number of para-hydroxylation sites is 1. The van der Waals surface area contributed by atoms with E-state index in [2.05, 4.69) is 4.98 Å². The third kappa shape index (κ3) is 1.07. The quantitative estimate of drug-likeness (QED) is 0.594. The van der Waals surface area contributed by atoms with E-state index in [9.17, 15) is 4.79 Å². The molecule has 0 atom stereocenters. The van der Waals surface area contributed by atoms with Gasteiger partial charge in [0, 0.05) is 5.39 Å². The summed E-state index contributed by atoms with van der Waals surface area (Å²) >= 11 is 0. The second kappa shape index (κ2) is 2.74. The van der Waals surface area contributed by atoms with Crippen molar-refractivity contribution in [3.05, 3.63) is 42.1 Å². The highest BCUT2D eigenvalue weighted by Gasteiger charge is 1.94. The molecule has 0 N–H and O–H groups in total. The largest absolute Gasteiger partial charge is 0.296 e. The molecule has 12 heavy (non-hydrogen) atoms. The Hall–Kier alpha value is -1.70. The minimum atomic E-state index is -0.745. The van der Waals surface area contributed by atoms with Crippen LogP contribution in [0.1, 0.15) is 11.9 Å². The fourth-order valence-electron chi connectivity index (χ4n) is 1.12.